The predicted octanol–water partition coefficient (Wildman–Crippen LogP) is 6.45. The minimum absolute atomic E-state index is 0.0855. The Labute approximate surface area is 212 Å². The molecule has 0 aliphatic carbocycles. The van der Waals surface area contributed by atoms with E-state index >= 15 is 0 Å². The van der Waals surface area contributed by atoms with Crippen molar-refractivity contribution in [3.8, 4) is 0 Å². The molecule has 0 unspecified atom stereocenters. The summed E-state index contributed by atoms with van der Waals surface area (Å²) >= 11 is 6.69. The van der Waals surface area contributed by atoms with Crippen LogP contribution in [0.1, 0.15) is 33.3 Å². The summed E-state index contributed by atoms with van der Waals surface area (Å²) in [6.07, 6.45) is -4.11. The molecule has 2 N–H and O–H groups in total. The second kappa shape index (κ2) is 10.5. The molecule has 0 radical (unpaired) electrons. The van der Waals surface area contributed by atoms with E-state index in [-0.39, 0.29) is 22.7 Å². The van der Waals surface area contributed by atoms with Crippen LogP contribution in [0.15, 0.2) is 69.9 Å². The quantitative estimate of drug-likeness (QED) is 0.168. The number of rotatable bonds is 6. The molecule has 0 fully saturated rings. The lowest BCUT2D eigenvalue weighted by molar-refractivity contribution is -0.136. The average molecular weight is 533 g/mol. The zero-order valence-corrected chi connectivity index (χ0v) is 20.4. The number of fused-ring (bicyclic) bond motifs is 1. The van der Waals surface area contributed by atoms with Crippen LogP contribution >= 0.6 is 23.6 Å². The van der Waals surface area contributed by atoms with Crippen molar-refractivity contribution in [2.24, 2.45) is 0 Å². The maximum atomic E-state index is 13.3. The van der Waals surface area contributed by atoms with Crippen LogP contribution in [0, 0.1) is 0 Å². The number of halogens is 3. The topological polar surface area (TPSA) is 80.6 Å². The van der Waals surface area contributed by atoms with Gasteiger partial charge in [0.1, 0.15) is 10.6 Å². The third-order valence-corrected chi connectivity index (χ3v) is 6.29. The fourth-order valence-corrected chi connectivity index (χ4v) is 4.89. The third kappa shape index (κ3) is 5.92. The highest BCUT2D eigenvalue weighted by Gasteiger charge is 2.33. The van der Waals surface area contributed by atoms with E-state index in [0.29, 0.717) is 28.7 Å². The van der Waals surface area contributed by atoms with Gasteiger partial charge in [-0.2, -0.15) is 13.2 Å². The molecular weight excluding hydrogens is 513 g/mol. The minimum atomic E-state index is -4.71. The Kier molecular flexibility index (Phi) is 7.41. The number of thiophene rings is 1. The lowest BCUT2D eigenvalue weighted by Crippen LogP contribution is -2.20. The number of benzene rings is 2. The summed E-state index contributed by atoms with van der Waals surface area (Å²) in [5.74, 6) is -0.509. The van der Waals surface area contributed by atoms with Gasteiger partial charge in [0.05, 0.1) is 17.7 Å². The molecule has 2 aromatic heterocycles. The summed E-state index contributed by atoms with van der Waals surface area (Å²) in [4.78, 5) is 25.1. The number of hydrogen-bond donors (Lipinski definition) is 2. The summed E-state index contributed by atoms with van der Waals surface area (Å²) < 4.78 is 50.0. The minimum Gasteiger partial charge on any atom is -0.462 e. The fourth-order valence-electron chi connectivity index (χ4n) is 3.52. The second-order valence-electron chi connectivity index (χ2n) is 7.61. The molecule has 0 saturated carbocycles. The SMILES string of the molecule is CCOC(=O)c1cc(Cc2ccccc2)sc1NC(=S)Nc1ccc2c(C(F)(F)F)cc(=O)oc2c1. The van der Waals surface area contributed by atoms with Gasteiger partial charge in [0, 0.05) is 34.5 Å². The molecule has 4 aromatic rings. The summed E-state index contributed by atoms with van der Waals surface area (Å²) in [6.45, 7) is 1.91. The van der Waals surface area contributed by atoms with Crippen molar-refractivity contribution >= 4 is 56.3 Å². The molecule has 36 heavy (non-hydrogen) atoms. The molecule has 0 aliphatic rings. The molecule has 0 bridgehead atoms. The van der Waals surface area contributed by atoms with E-state index in [1.807, 2.05) is 30.3 Å². The van der Waals surface area contributed by atoms with Gasteiger partial charge in [-0.05, 0) is 42.9 Å². The normalized spacial score (nSPS) is 11.3. The predicted molar refractivity (Wildman–Crippen MR) is 137 cm³/mol. The van der Waals surface area contributed by atoms with Crippen molar-refractivity contribution < 1.29 is 27.1 Å². The molecular formula is C25H19F3N2O4S2. The van der Waals surface area contributed by atoms with Gasteiger partial charge in [0.25, 0.3) is 0 Å². The molecule has 11 heteroatoms. The summed E-state index contributed by atoms with van der Waals surface area (Å²) in [5.41, 5.74) is -0.758. The van der Waals surface area contributed by atoms with Gasteiger partial charge in [-0.15, -0.1) is 11.3 Å². The maximum absolute atomic E-state index is 13.3. The first-order valence-corrected chi connectivity index (χ1v) is 11.9. The van der Waals surface area contributed by atoms with Gasteiger partial charge < -0.3 is 19.8 Å². The Morgan fingerprint density at radius 2 is 1.83 bits per heavy atom. The molecule has 4 rings (SSSR count). The van der Waals surface area contributed by atoms with E-state index in [1.54, 1.807) is 13.0 Å². The van der Waals surface area contributed by atoms with Crippen LogP contribution in [0.4, 0.5) is 23.9 Å². The van der Waals surface area contributed by atoms with Gasteiger partial charge >= 0.3 is 17.8 Å². The van der Waals surface area contributed by atoms with Crippen LogP contribution in [0.25, 0.3) is 11.0 Å². The van der Waals surface area contributed by atoms with E-state index < -0.39 is 23.3 Å². The Hall–Kier alpha value is -3.70. The summed E-state index contributed by atoms with van der Waals surface area (Å²) in [7, 11) is 0. The number of alkyl halides is 3. The molecule has 6 nitrogen and oxygen atoms in total. The standard InChI is InChI=1S/C25H19F3N2O4S2/c1-2-33-23(32)18-12-16(10-14-6-4-3-5-7-14)36-22(18)30-24(35)29-15-8-9-17-19(25(26,27)28)13-21(31)34-20(17)11-15/h3-9,11-13H,2,10H2,1H3,(H2,29,30,35). The Bertz CT molecular complexity index is 1480. The molecule has 0 spiro atoms. The number of esters is 1. The van der Waals surface area contributed by atoms with Gasteiger partial charge in [0.2, 0.25) is 0 Å². The van der Waals surface area contributed by atoms with Gasteiger partial charge in [0.15, 0.2) is 5.11 Å². The highest BCUT2D eigenvalue weighted by Crippen LogP contribution is 2.35. The van der Waals surface area contributed by atoms with Crippen LogP contribution in [0.2, 0.25) is 0 Å². The number of nitrogens with one attached hydrogen (secondary N) is 2. The molecule has 186 valence electrons. The number of carbonyl (C=O) groups is 1. The van der Waals surface area contributed by atoms with Crippen LogP contribution in [0.5, 0.6) is 0 Å². The van der Waals surface area contributed by atoms with Crippen molar-refractivity contribution in [2.75, 3.05) is 17.2 Å². The van der Waals surface area contributed by atoms with Gasteiger partial charge in [-0.1, -0.05) is 30.3 Å². The van der Waals surface area contributed by atoms with Crippen LogP contribution in [0.3, 0.4) is 0 Å². The van der Waals surface area contributed by atoms with E-state index in [1.165, 1.54) is 29.5 Å². The Balaban J connectivity index is 1.57. The van der Waals surface area contributed by atoms with Crippen molar-refractivity contribution in [2.45, 2.75) is 19.5 Å². The zero-order valence-electron chi connectivity index (χ0n) is 18.8. The summed E-state index contributed by atoms with van der Waals surface area (Å²) in [5, 5.41) is 6.11. The Morgan fingerprint density at radius 1 is 1.08 bits per heavy atom. The number of ether oxygens (including phenoxy) is 1. The smallest absolute Gasteiger partial charge is 0.417 e. The molecule has 2 heterocycles. The zero-order chi connectivity index (χ0) is 25.9. The number of anilines is 2. The number of thiocarbonyl (C=S) groups is 1. The Morgan fingerprint density at radius 3 is 2.53 bits per heavy atom. The lowest BCUT2D eigenvalue weighted by atomic mass is 10.1. The lowest BCUT2D eigenvalue weighted by Gasteiger charge is -2.12. The molecule has 0 aliphatic heterocycles. The van der Waals surface area contributed by atoms with E-state index in [9.17, 15) is 22.8 Å². The van der Waals surface area contributed by atoms with E-state index in [0.717, 1.165) is 10.4 Å². The number of carbonyl (C=O) groups excluding carboxylic acids is 1. The third-order valence-electron chi connectivity index (χ3n) is 5.03. The number of hydrogen-bond acceptors (Lipinski definition) is 6. The summed E-state index contributed by atoms with van der Waals surface area (Å²) in [6, 6.07) is 15.7. The highest BCUT2D eigenvalue weighted by atomic mass is 32.1. The van der Waals surface area contributed by atoms with Crippen LogP contribution < -0.4 is 16.3 Å². The first-order chi connectivity index (χ1) is 17.1. The van der Waals surface area contributed by atoms with Crippen LogP contribution in [-0.4, -0.2) is 17.7 Å². The second-order valence-corrected chi connectivity index (χ2v) is 9.15. The largest absolute Gasteiger partial charge is 0.462 e. The average Bonchev–Trinajstić information content (AvgIpc) is 3.20. The van der Waals surface area contributed by atoms with Gasteiger partial charge in [-0.25, -0.2) is 9.59 Å². The first kappa shape index (κ1) is 25.4. The van der Waals surface area contributed by atoms with Crippen molar-refractivity contribution in [1.29, 1.82) is 0 Å². The first-order valence-electron chi connectivity index (χ1n) is 10.7. The van der Waals surface area contributed by atoms with Crippen molar-refractivity contribution in [3.63, 3.8) is 0 Å². The maximum Gasteiger partial charge on any atom is 0.417 e. The van der Waals surface area contributed by atoms with Crippen molar-refractivity contribution in [1.82, 2.24) is 0 Å². The van der Waals surface area contributed by atoms with E-state index in [2.05, 4.69) is 10.6 Å². The van der Waals surface area contributed by atoms with E-state index in [4.69, 9.17) is 21.4 Å². The monoisotopic (exact) mass is 532 g/mol. The molecule has 0 saturated heterocycles. The molecule has 0 amide bonds. The van der Waals surface area contributed by atoms with Gasteiger partial charge in [-0.3, -0.25) is 0 Å². The highest BCUT2D eigenvalue weighted by molar-refractivity contribution is 7.80. The fraction of sp³-hybridized carbons (Fsp3) is 0.160. The van der Waals surface area contributed by atoms with Crippen LogP contribution in [-0.2, 0) is 17.3 Å². The van der Waals surface area contributed by atoms with Crippen molar-refractivity contribution in [3.05, 3.63) is 92.7 Å². The molecule has 0 atom stereocenters. The molecule has 2 aromatic carbocycles.